The summed E-state index contributed by atoms with van der Waals surface area (Å²) in [7, 11) is 0. The number of benzene rings is 1. The zero-order valence-corrected chi connectivity index (χ0v) is 17.4. The van der Waals surface area contributed by atoms with Gasteiger partial charge >= 0.3 is 5.00 Å². The number of anilines is 1. The molecule has 5 rings (SSSR count). The van der Waals surface area contributed by atoms with Crippen LogP contribution in [-0.2, 0) is 0 Å². The van der Waals surface area contributed by atoms with E-state index in [1.54, 1.807) is 36.7 Å². The molecular weight excluding hydrogens is 449 g/mol. The third-order valence-corrected chi connectivity index (χ3v) is 5.68. The number of aromatic nitrogens is 5. The molecule has 0 spiro atoms. The summed E-state index contributed by atoms with van der Waals surface area (Å²) in [6.07, 6.45) is 4.67. The maximum Gasteiger partial charge on any atom is 0.324 e. The lowest BCUT2D eigenvalue weighted by Gasteiger charge is -2.09. The highest BCUT2D eigenvalue weighted by Gasteiger charge is 2.20. The predicted octanol–water partition coefficient (Wildman–Crippen LogP) is 4.24. The van der Waals surface area contributed by atoms with E-state index in [2.05, 4.69) is 25.4 Å². The van der Waals surface area contributed by atoms with Gasteiger partial charge in [0.1, 0.15) is 11.6 Å². The molecule has 33 heavy (non-hydrogen) atoms. The highest BCUT2D eigenvalue weighted by atomic mass is 32.1. The number of carbonyl (C=O) groups excluding carboxylic acids is 1. The van der Waals surface area contributed by atoms with E-state index >= 15 is 0 Å². The van der Waals surface area contributed by atoms with Gasteiger partial charge in [-0.15, -0.1) is 0 Å². The van der Waals surface area contributed by atoms with Crippen molar-refractivity contribution in [2.45, 2.75) is 0 Å². The van der Waals surface area contributed by atoms with Gasteiger partial charge in [0, 0.05) is 24.0 Å². The topological polar surface area (TPSA) is 129 Å². The van der Waals surface area contributed by atoms with Crippen molar-refractivity contribution >= 4 is 39.1 Å². The third-order valence-electron chi connectivity index (χ3n) is 4.65. The summed E-state index contributed by atoms with van der Waals surface area (Å²) >= 11 is 0.757. The highest BCUT2D eigenvalue weighted by molar-refractivity contribution is 7.17. The molecule has 5 aromatic rings. The van der Waals surface area contributed by atoms with Crippen LogP contribution in [0, 0.1) is 15.9 Å². The number of nitrogens with one attached hydrogen (secondary N) is 1. The van der Waals surface area contributed by atoms with Crippen molar-refractivity contribution in [1.82, 2.24) is 24.7 Å². The van der Waals surface area contributed by atoms with Crippen LogP contribution in [0.15, 0.2) is 67.1 Å². The van der Waals surface area contributed by atoms with Crippen molar-refractivity contribution in [3.8, 4) is 17.1 Å². The van der Waals surface area contributed by atoms with E-state index in [9.17, 15) is 19.3 Å². The number of thiophene rings is 1. The number of hydrogen-bond donors (Lipinski definition) is 1. The zero-order chi connectivity index (χ0) is 22.9. The first-order valence-corrected chi connectivity index (χ1v) is 10.3. The van der Waals surface area contributed by atoms with Crippen LogP contribution in [0.4, 0.5) is 15.2 Å². The summed E-state index contributed by atoms with van der Waals surface area (Å²) in [6.45, 7) is 0. The first-order valence-electron chi connectivity index (χ1n) is 9.47. The lowest BCUT2D eigenvalue weighted by Crippen LogP contribution is -2.12. The van der Waals surface area contributed by atoms with Crippen molar-refractivity contribution in [2.75, 3.05) is 5.32 Å². The van der Waals surface area contributed by atoms with Crippen LogP contribution < -0.4 is 5.32 Å². The molecule has 0 atom stereocenters. The summed E-state index contributed by atoms with van der Waals surface area (Å²) in [5.41, 5.74) is 1.55. The smallest absolute Gasteiger partial charge is 0.305 e. The molecule has 12 heteroatoms. The van der Waals surface area contributed by atoms with Gasteiger partial charge in [0.05, 0.1) is 27.1 Å². The van der Waals surface area contributed by atoms with Gasteiger partial charge in [-0.25, -0.2) is 19.0 Å². The number of fused-ring (bicyclic) bond motifs is 1. The monoisotopic (exact) mass is 461 g/mol. The van der Waals surface area contributed by atoms with Crippen molar-refractivity contribution in [3.63, 3.8) is 0 Å². The standard InChI is InChI=1S/C21H12FN7O3S/c22-13-3-5-14(6-4-13)28-20-15(11-24-28)19(25-18(26-20)12-2-1-9-23-10-12)27-21(30)16-7-8-17(33-16)29(31)32/h1-11H,(H,25,26,27,30). The van der Waals surface area contributed by atoms with Crippen molar-refractivity contribution in [3.05, 3.63) is 87.9 Å². The quantitative estimate of drug-likeness (QED) is 0.306. The number of carbonyl (C=O) groups is 1. The fraction of sp³-hybridized carbons (Fsp3) is 0. The minimum absolute atomic E-state index is 0.145. The molecule has 1 amide bonds. The van der Waals surface area contributed by atoms with Gasteiger partial charge in [0.15, 0.2) is 11.5 Å². The molecule has 0 aliphatic heterocycles. The van der Waals surface area contributed by atoms with Gasteiger partial charge in [-0.05, 0) is 42.5 Å². The summed E-state index contributed by atoms with van der Waals surface area (Å²) < 4.78 is 14.9. The molecular formula is C21H12FN7O3S. The largest absolute Gasteiger partial charge is 0.324 e. The minimum atomic E-state index is -0.558. The first kappa shape index (κ1) is 20.3. The molecule has 4 heterocycles. The lowest BCUT2D eigenvalue weighted by atomic mass is 10.2. The first-order chi connectivity index (χ1) is 16.0. The third kappa shape index (κ3) is 3.90. The molecule has 0 radical (unpaired) electrons. The van der Waals surface area contributed by atoms with E-state index in [-0.39, 0.29) is 27.3 Å². The Balaban J connectivity index is 1.62. The summed E-state index contributed by atoms with van der Waals surface area (Å²) in [4.78, 5) is 36.5. The van der Waals surface area contributed by atoms with Crippen LogP contribution in [-0.4, -0.2) is 35.6 Å². The summed E-state index contributed by atoms with van der Waals surface area (Å²) in [5, 5.41) is 18.3. The van der Waals surface area contributed by atoms with Gasteiger partial charge < -0.3 is 5.32 Å². The Morgan fingerprint density at radius 2 is 1.91 bits per heavy atom. The maximum absolute atomic E-state index is 13.4. The number of pyridine rings is 1. The number of nitro groups is 1. The van der Waals surface area contributed by atoms with Crippen molar-refractivity contribution in [2.24, 2.45) is 0 Å². The van der Waals surface area contributed by atoms with Gasteiger partial charge in [-0.2, -0.15) is 5.10 Å². The summed E-state index contributed by atoms with van der Waals surface area (Å²) in [6, 6.07) is 11.8. The number of amides is 1. The van der Waals surface area contributed by atoms with E-state index in [4.69, 9.17) is 0 Å². The molecule has 10 nitrogen and oxygen atoms in total. The Morgan fingerprint density at radius 1 is 1.09 bits per heavy atom. The van der Waals surface area contributed by atoms with Crippen molar-refractivity contribution < 1.29 is 14.1 Å². The van der Waals surface area contributed by atoms with Crippen LogP contribution in [0.5, 0.6) is 0 Å². The van der Waals surface area contributed by atoms with Gasteiger partial charge in [-0.1, -0.05) is 11.3 Å². The van der Waals surface area contributed by atoms with Gasteiger partial charge in [0.2, 0.25) is 0 Å². The molecule has 0 fully saturated rings. The van der Waals surface area contributed by atoms with E-state index < -0.39 is 10.8 Å². The molecule has 1 N–H and O–H groups in total. The SMILES string of the molecule is O=C(Nc1nc(-c2cccnc2)nc2c1cnn2-c1ccc(F)cc1)c1ccc([N+](=O)[O-])s1. The zero-order valence-electron chi connectivity index (χ0n) is 16.5. The lowest BCUT2D eigenvalue weighted by molar-refractivity contribution is -0.380. The average molecular weight is 461 g/mol. The predicted molar refractivity (Wildman–Crippen MR) is 119 cm³/mol. The molecule has 162 valence electrons. The van der Waals surface area contributed by atoms with Gasteiger partial charge in [-0.3, -0.25) is 19.9 Å². The minimum Gasteiger partial charge on any atom is -0.305 e. The Labute approximate surface area is 188 Å². The molecule has 1 aromatic carbocycles. The Bertz CT molecular complexity index is 1500. The molecule has 0 saturated carbocycles. The number of rotatable bonds is 5. The second-order valence-corrected chi connectivity index (χ2v) is 7.82. The van der Waals surface area contributed by atoms with Crippen LogP contribution in [0.3, 0.4) is 0 Å². The fourth-order valence-corrected chi connectivity index (χ4v) is 3.83. The Morgan fingerprint density at radius 3 is 2.61 bits per heavy atom. The average Bonchev–Trinajstić information content (AvgIpc) is 3.48. The van der Waals surface area contributed by atoms with E-state index in [0.29, 0.717) is 22.3 Å². The second-order valence-electron chi connectivity index (χ2n) is 6.76. The summed E-state index contributed by atoms with van der Waals surface area (Å²) in [5.74, 6) is -0.487. The molecule has 0 aliphatic carbocycles. The van der Waals surface area contributed by atoms with Crippen LogP contribution >= 0.6 is 11.3 Å². The van der Waals surface area contributed by atoms with E-state index in [1.165, 1.54) is 35.1 Å². The Kier molecular flexibility index (Phi) is 5.03. The normalized spacial score (nSPS) is 10.9. The Hall–Kier alpha value is -4.58. The number of hydrogen-bond acceptors (Lipinski definition) is 8. The van der Waals surface area contributed by atoms with Gasteiger partial charge in [0.25, 0.3) is 5.91 Å². The maximum atomic E-state index is 13.4. The molecule has 0 unspecified atom stereocenters. The fourth-order valence-electron chi connectivity index (χ4n) is 3.12. The molecule has 0 saturated heterocycles. The van der Waals surface area contributed by atoms with Crippen LogP contribution in [0.1, 0.15) is 9.67 Å². The highest BCUT2D eigenvalue weighted by Crippen LogP contribution is 2.29. The van der Waals surface area contributed by atoms with Crippen LogP contribution in [0.25, 0.3) is 28.1 Å². The second kappa shape index (κ2) is 8.16. The van der Waals surface area contributed by atoms with E-state index in [0.717, 1.165) is 11.3 Å². The van der Waals surface area contributed by atoms with Crippen LogP contribution in [0.2, 0.25) is 0 Å². The van der Waals surface area contributed by atoms with Crippen molar-refractivity contribution in [1.29, 1.82) is 0 Å². The molecule has 4 aromatic heterocycles. The van der Waals surface area contributed by atoms with E-state index in [1.807, 2.05) is 0 Å². The number of nitrogens with zero attached hydrogens (tertiary/aromatic N) is 6. The molecule has 0 aliphatic rings. The molecule has 0 bridgehead atoms. The number of halogens is 1.